The summed E-state index contributed by atoms with van der Waals surface area (Å²) in [5, 5.41) is 0. The topological polar surface area (TPSA) is 80.8 Å². The number of aryl methyl sites for hydroxylation is 1. The van der Waals surface area contributed by atoms with Gasteiger partial charge in [-0.1, -0.05) is 0 Å². The fourth-order valence-electron chi connectivity index (χ4n) is 2.74. The number of benzene rings is 1. The van der Waals surface area contributed by atoms with Gasteiger partial charge < -0.3 is 4.74 Å². The molecule has 0 aromatic heterocycles. The van der Waals surface area contributed by atoms with Crippen LogP contribution in [-0.4, -0.2) is 39.6 Å². The fraction of sp³-hybridized carbons (Fsp3) is 0.500. The first-order valence-electron chi connectivity index (χ1n) is 7.67. The summed E-state index contributed by atoms with van der Waals surface area (Å²) >= 11 is 0. The molecule has 0 bridgehead atoms. The molecule has 1 heterocycles. The van der Waals surface area contributed by atoms with Crippen molar-refractivity contribution in [1.82, 2.24) is 0 Å². The van der Waals surface area contributed by atoms with Crippen molar-refractivity contribution in [3.8, 4) is 0 Å². The number of fused-ring (bicyclic) bond motifs is 1. The van der Waals surface area contributed by atoms with E-state index < -0.39 is 10.0 Å². The molecule has 1 aromatic rings. The molecular formula is C16H19NO5S. The van der Waals surface area contributed by atoms with Crippen LogP contribution in [0.2, 0.25) is 0 Å². The lowest BCUT2D eigenvalue weighted by atomic mass is 9.99. The fourth-order valence-corrected chi connectivity index (χ4v) is 3.73. The number of rotatable bonds is 5. The Morgan fingerprint density at radius 1 is 1.30 bits per heavy atom. The molecule has 1 saturated carbocycles. The second-order valence-electron chi connectivity index (χ2n) is 6.09. The van der Waals surface area contributed by atoms with E-state index in [9.17, 15) is 18.0 Å². The lowest BCUT2D eigenvalue weighted by Gasteiger charge is -2.29. The summed E-state index contributed by atoms with van der Waals surface area (Å²) < 4.78 is 30.0. The van der Waals surface area contributed by atoms with Gasteiger partial charge in [0.1, 0.15) is 0 Å². The number of anilines is 1. The average molecular weight is 337 g/mol. The van der Waals surface area contributed by atoms with Crippen LogP contribution in [0.3, 0.4) is 0 Å². The van der Waals surface area contributed by atoms with Crippen LogP contribution in [-0.2, 0) is 26.0 Å². The molecule has 124 valence electrons. The van der Waals surface area contributed by atoms with Gasteiger partial charge >= 0.3 is 5.97 Å². The van der Waals surface area contributed by atoms with Crippen LogP contribution in [0.25, 0.3) is 0 Å². The van der Waals surface area contributed by atoms with E-state index in [-0.39, 0.29) is 24.3 Å². The molecular weight excluding hydrogens is 318 g/mol. The molecule has 23 heavy (non-hydrogen) atoms. The number of ketones is 1. The Kier molecular flexibility index (Phi) is 4.14. The second-order valence-corrected chi connectivity index (χ2v) is 7.99. The predicted octanol–water partition coefficient (Wildman–Crippen LogP) is 1.53. The van der Waals surface area contributed by atoms with Crippen molar-refractivity contribution in [3.63, 3.8) is 0 Å². The Morgan fingerprint density at radius 3 is 2.70 bits per heavy atom. The standard InChI is InChI=1S/C16H19NO5S/c1-23(20,21)17-8-2-3-12-9-13(6-7-14(12)17)15(18)10-22-16(19)11-4-5-11/h6-7,9,11H,2-5,8,10H2,1H3. The summed E-state index contributed by atoms with van der Waals surface area (Å²) in [6.07, 6.45) is 4.30. The molecule has 0 N–H and O–H groups in total. The van der Waals surface area contributed by atoms with Gasteiger partial charge in [-0.3, -0.25) is 13.9 Å². The van der Waals surface area contributed by atoms with Crippen LogP contribution < -0.4 is 4.31 Å². The van der Waals surface area contributed by atoms with Gasteiger partial charge in [-0.2, -0.15) is 0 Å². The van der Waals surface area contributed by atoms with Crippen molar-refractivity contribution in [2.45, 2.75) is 25.7 Å². The Hall–Kier alpha value is -1.89. The number of hydrogen-bond acceptors (Lipinski definition) is 5. The quantitative estimate of drug-likeness (QED) is 0.601. The number of ether oxygens (including phenoxy) is 1. The summed E-state index contributed by atoms with van der Waals surface area (Å²) in [6.45, 7) is 0.196. The highest BCUT2D eigenvalue weighted by molar-refractivity contribution is 7.92. The van der Waals surface area contributed by atoms with E-state index in [1.165, 1.54) is 10.6 Å². The third-order valence-electron chi connectivity index (χ3n) is 4.13. The molecule has 1 aliphatic carbocycles. The molecule has 2 aliphatic rings. The summed E-state index contributed by atoms with van der Waals surface area (Å²) in [5.41, 5.74) is 1.91. The molecule has 0 saturated heterocycles. The number of nitrogens with zero attached hydrogens (tertiary/aromatic N) is 1. The van der Waals surface area contributed by atoms with Crippen LogP contribution >= 0.6 is 0 Å². The first-order chi connectivity index (χ1) is 10.9. The highest BCUT2D eigenvalue weighted by Gasteiger charge is 2.31. The molecule has 0 atom stereocenters. The van der Waals surface area contributed by atoms with Crippen molar-refractivity contribution < 1.29 is 22.7 Å². The minimum Gasteiger partial charge on any atom is -0.457 e. The third kappa shape index (κ3) is 3.55. The number of Topliss-reactive ketones (excluding diaryl/α,β-unsaturated/α-hetero) is 1. The van der Waals surface area contributed by atoms with Crippen LogP contribution in [0.1, 0.15) is 35.2 Å². The Morgan fingerprint density at radius 2 is 2.04 bits per heavy atom. The zero-order valence-corrected chi connectivity index (χ0v) is 13.8. The van der Waals surface area contributed by atoms with E-state index >= 15 is 0 Å². The smallest absolute Gasteiger partial charge is 0.309 e. The second kappa shape index (κ2) is 5.96. The van der Waals surface area contributed by atoms with Crippen LogP contribution in [0.15, 0.2) is 18.2 Å². The van der Waals surface area contributed by atoms with Gasteiger partial charge in [0.2, 0.25) is 10.0 Å². The summed E-state index contributed by atoms with van der Waals surface area (Å²) in [5.74, 6) is -0.604. The third-order valence-corrected chi connectivity index (χ3v) is 5.31. The van der Waals surface area contributed by atoms with Gasteiger partial charge in [0, 0.05) is 12.1 Å². The Labute approximate surface area is 135 Å². The highest BCUT2D eigenvalue weighted by atomic mass is 32.2. The minimum atomic E-state index is -3.32. The number of carbonyl (C=O) groups excluding carboxylic acids is 2. The normalized spacial score (nSPS) is 17.5. The average Bonchev–Trinajstić information content (AvgIpc) is 3.35. The molecule has 6 nitrogen and oxygen atoms in total. The van der Waals surface area contributed by atoms with Crippen molar-refractivity contribution >= 4 is 27.5 Å². The lowest BCUT2D eigenvalue weighted by molar-refractivity contribution is -0.144. The van der Waals surface area contributed by atoms with Crippen LogP contribution in [0.5, 0.6) is 0 Å². The first kappa shape index (κ1) is 16.0. The van der Waals surface area contributed by atoms with Gasteiger partial charge in [-0.15, -0.1) is 0 Å². The maximum Gasteiger partial charge on any atom is 0.309 e. The van der Waals surface area contributed by atoms with Crippen molar-refractivity contribution in [2.75, 3.05) is 23.7 Å². The lowest BCUT2D eigenvalue weighted by Crippen LogP contribution is -2.34. The predicted molar refractivity (Wildman–Crippen MR) is 85.0 cm³/mol. The van der Waals surface area contributed by atoms with Crippen LogP contribution in [0.4, 0.5) is 5.69 Å². The van der Waals surface area contributed by atoms with Gasteiger partial charge in [0.15, 0.2) is 12.4 Å². The molecule has 1 aromatic carbocycles. The van der Waals surface area contributed by atoms with E-state index in [2.05, 4.69) is 0 Å². The van der Waals surface area contributed by atoms with Gasteiger partial charge in [0.05, 0.1) is 17.9 Å². The van der Waals surface area contributed by atoms with Crippen molar-refractivity contribution in [1.29, 1.82) is 0 Å². The number of sulfonamides is 1. The monoisotopic (exact) mass is 337 g/mol. The van der Waals surface area contributed by atoms with Gasteiger partial charge in [-0.05, 0) is 49.4 Å². The summed E-state index contributed by atoms with van der Waals surface area (Å²) in [6, 6.07) is 4.96. The van der Waals surface area contributed by atoms with E-state index in [4.69, 9.17) is 4.74 Å². The van der Waals surface area contributed by atoms with Crippen LogP contribution in [0, 0.1) is 5.92 Å². The molecule has 0 amide bonds. The molecule has 1 fully saturated rings. The molecule has 7 heteroatoms. The Bertz CT molecular complexity index is 752. The zero-order valence-electron chi connectivity index (χ0n) is 12.9. The van der Waals surface area contributed by atoms with E-state index in [0.717, 1.165) is 24.8 Å². The van der Waals surface area contributed by atoms with Crippen molar-refractivity contribution in [3.05, 3.63) is 29.3 Å². The zero-order chi connectivity index (χ0) is 16.6. The number of esters is 1. The first-order valence-corrected chi connectivity index (χ1v) is 9.51. The summed E-state index contributed by atoms with van der Waals surface area (Å²) in [7, 11) is -3.32. The maximum absolute atomic E-state index is 12.1. The van der Waals surface area contributed by atoms with Crippen molar-refractivity contribution in [2.24, 2.45) is 5.92 Å². The number of hydrogen-bond donors (Lipinski definition) is 0. The molecule has 0 spiro atoms. The van der Waals surface area contributed by atoms with Gasteiger partial charge in [0.25, 0.3) is 0 Å². The summed E-state index contributed by atoms with van der Waals surface area (Å²) in [4.78, 5) is 23.6. The van der Waals surface area contributed by atoms with Gasteiger partial charge in [-0.25, -0.2) is 8.42 Å². The molecule has 1 aliphatic heterocycles. The Balaban J connectivity index is 1.75. The van der Waals surface area contributed by atoms with E-state index in [1.807, 2.05) is 0 Å². The SMILES string of the molecule is CS(=O)(=O)N1CCCc2cc(C(=O)COC(=O)C3CC3)ccc21. The molecule has 0 radical (unpaired) electrons. The van der Waals surface area contributed by atoms with E-state index in [0.29, 0.717) is 24.2 Å². The maximum atomic E-state index is 12.1. The number of carbonyl (C=O) groups is 2. The van der Waals surface area contributed by atoms with E-state index in [1.54, 1.807) is 18.2 Å². The molecule has 3 rings (SSSR count). The highest BCUT2D eigenvalue weighted by Crippen LogP contribution is 2.31. The minimum absolute atomic E-state index is 0.0327. The largest absolute Gasteiger partial charge is 0.457 e. The molecule has 0 unspecified atom stereocenters.